The molecule has 0 radical (unpaired) electrons. The lowest BCUT2D eigenvalue weighted by molar-refractivity contribution is -0.104. The molecule has 0 aromatic heterocycles. The highest BCUT2D eigenvalue weighted by Crippen LogP contribution is 2.36. The zero-order valence-corrected chi connectivity index (χ0v) is 24.1. The molecule has 0 bridgehead atoms. The zero-order chi connectivity index (χ0) is 23.8. The van der Waals surface area contributed by atoms with Crippen LogP contribution in [-0.4, -0.2) is 32.0 Å². The molecule has 0 aliphatic carbocycles. The minimum absolute atomic E-state index is 0.108. The fraction of sp³-hybridized carbons (Fsp3) is 1.00. The zero-order valence-electron chi connectivity index (χ0n) is 22.9. The van der Waals surface area contributed by atoms with Crippen LogP contribution in [0.1, 0.15) is 159 Å². The van der Waals surface area contributed by atoms with Crippen LogP contribution in [0.4, 0.5) is 0 Å². The van der Waals surface area contributed by atoms with Gasteiger partial charge in [0, 0.05) is 16.8 Å². The summed E-state index contributed by atoms with van der Waals surface area (Å²) >= 11 is -2.34. The summed E-state index contributed by atoms with van der Waals surface area (Å²) < 4.78 is 21.0. The van der Waals surface area contributed by atoms with Gasteiger partial charge in [0.25, 0.3) is 0 Å². The van der Waals surface area contributed by atoms with Crippen molar-refractivity contribution in [2.75, 3.05) is 0 Å². The van der Waals surface area contributed by atoms with Gasteiger partial charge in [-0.1, -0.05) is 101 Å². The molecule has 0 amide bonds. The highest BCUT2D eigenvalue weighted by molar-refractivity contribution is 6.37. The quantitative estimate of drug-likeness (QED) is 0.161. The van der Waals surface area contributed by atoms with E-state index in [1.165, 1.54) is 38.5 Å². The van der Waals surface area contributed by atoms with Gasteiger partial charge in [0.2, 0.25) is 0 Å². The van der Waals surface area contributed by atoms with Gasteiger partial charge in [-0.2, -0.15) is 0 Å². The van der Waals surface area contributed by atoms with Crippen LogP contribution >= 0.6 is 0 Å². The molecule has 31 heavy (non-hydrogen) atoms. The third kappa shape index (κ3) is 10.5. The Bertz CT molecular complexity index is 353. The van der Waals surface area contributed by atoms with Gasteiger partial charge < -0.3 is 11.4 Å². The van der Waals surface area contributed by atoms with Crippen LogP contribution in [0.2, 0.25) is 0 Å². The standard InChI is InChI=1S/3C9H19O.Al/c3*1-4-7-8-9(10,5-2)6-3;/h3*4-8H2,1-3H3;/q3*-1;+3. The SMILES string of the molecule is CCCCC(CC)(CC)[O][Al]([O]C(CC)(CC)CCCC)[O]C(CC)(CC)CCCC. The van der Waals surface area contributed by atoms with Crippen molar-refractivity contribution in [1.29, 1.82) is 0 Å². The van der Waals surface area contributed by atoms with E-state index in [2.05, 4.69) is 62.3 Å². The second kappa shape index (κ2) is 16.9. The van der Waals surface area contributed by atoms with E-state index in [4.69, 9.17) is 11.4 Å². The molecule has 0 saturated carbocycles. The molecule has 0 aliphatic rings. The van der Waals surface area contributed by atoms with Crippen LogP contribution in [0.3, 0.4) is 0 Å². The monoisotopic (exact) mass is 456 g/mol. The summed E-state index contributed by atoms with van der Waals surface area (Å²) in [6, 6.07) is 0. The first kappa shape index (κ1) is 31.4. The normalized spacial score (nSPS) is 13.1. The first-order valence-corrected chi connectivity index (χ1v) is 15.3. The summed E-state index contributed by atoms with van der Waals surface area (Å²) in [7, 11) is 0. The van der Waals surface area contributed by atoms with Gasteiger partial charge >= 0.3 is 15.1 Å². The van der Waals surface area contributed by atoms with Crippen LogP contribution in [0.5, 0.6) is 0 Å². The van der Waals surface area contributed by atoms with Gasteiger partial charge in [-0.15, -0.1) is 0 Å². The van der Waals surface area contributed by atoms with Gasteiger partial charge in [0.15, 0.2) is 0 Å². The van der Waals surface area contributed by atoms with E-state index in [0.29, 0.717) is 0 Å². The van der Waals surface area contributed by atoms with Crippen molar-refractivity contribution in [3.05, 3.63) is 0 Å². The Morgan fingerprint density at radius 2 is 0.645 bits per heavy atom. The molecule has 0 aliphatic heterocycles. The van der Waals surface area contributed by atoms with Crippen LogP contribution in [0.25, 0.3) is 0 Å². The lowest BCUT2D eigenvalue weighted by atomic mass is 9.91. The fourth-order valence-electron chi connectivity index (χ4n) is 4.67. The van der Waals surface area contributed by atoms with Crippen molar-refractivity contribution in [3.63, 3.8) is 0 Å². The summed E-state index contributed by atoms with van der Waals surface area (Å²) in [5.41, 5.74) is -0.325. The summed E-state index contributed by atoms with van der Waals surface area (Å²) in [4.78, 5) is 0. The van der Waals surface area contributed by atoms with Gasteiger partial charge in [0.1, 0.15) is 0 Å². The van der Waals surface area contributed by atoms with Gasteiger partial charge in [-0.3, -0.25) is 0 Å². The fourth-order valence-corrected chi connectivity index (χ4v) is 7.39. The molecule has 0 N–H and O–H groups in total. The topological polar surface area (TPSA) is 27.7 Å². The van der Waals surface area contributed by atoms with Crippen molar-refractivity contribution in [2.24, 2.45) is 0 Å². The van der Waals surface area contributed by atoms with Crippen LogP contribution < -0.4 is 0 Å². The number of rotatable bonds is 21. The van der Waals surface area contributed by atoms with Crippen LogP contribution in [0.15, 0.2) is 0 Å². The van der Waals surface area contributed by atoms with Gasteiger partial charge in [0.05, 0.1) is 0 Å². The molecule has 0 heterocycles. The summed E-state index contributed by atoms with van der Waals surface area (Å²) in [5, 5.41) is 0. The molecular weight excluding hydrogens is 399 g/mol. The molecule has 0 unspecified atom stereocenters. The van der Waals surface area contributed by atoms with E-state index in [9.17, 15) is 0 Å². The predicted octanol–water partition coefficient (Wildman–Crippen LogP) is 9.27. The Morgan fingerprint density at radius 1 is 0.419 bits per heavy atom. The summed E-state index contributed by atoms with van der Waals surface area (Å²) in [6.45, 7) is 20.5. The third-order valence-electron chi connectivity index (χ3n) is 7.86. The Labute approximate surface area is 201 Å². The van der Waals surface area contributed by atoms with Crippen LogP contribution in [0, 0.1) is 0 Å². The minimum atomic E-state index is -2.34. The molecule has 4 heteroatoms. The molecule has 0 atom stereocenters. The van der Waals surface area contributed by atoms with Crippen molar-refractivity contribution in [3.8, 4) is 0 Å². The third-order valence-corrected chi connectivity index (χ3v) is 9.94. The second-order valence-corrected chi connectivity index (χ2v) is 10.9. The molecular formula is C27H57AlO3. The Hall–Kier alpha value is 0.412. The first-order chi connectivity index (χ1) is 14.8. The number of hydrogen-bond acceptors (Lipinski definition) is 3. The maximum atomic E-state index is 7.01. The van der Waals surface area contributed by atoms with Crippen molar-refractivity contribution >= 4 is 15.1 Å². The number of unbranched alkanes of at least 4 members (excludes halogenated alkanes) is 3. The molecule has 0 rings (SSSR count). The van der Waals surface area contributed by atoms with Crippen molar-refractivity contribution < 1.29 is 11.4 Å². The first-order valence-electron chi connectivity index (χ1n) is 13.9. The van der Waals surface area contributed by atoms with Gasteiger partial charge in [-0.25, -0.2) is 0 Å². The second-order valence-electron chi connectivity index (χ2n) is 9.62. The maximum absolute atomic E-state index is 7.01. The van der Waals surface area contributed by atoms with Crippen molar-refractivity contribution in [1.82, 2.24) is 0 Å². The highest BCUT2D eigenvalue weighted by Gasteiger charge is 2.49. The van der Waals surface area contributed by atoms with E-state index in [0.717, 1.165) is 57.8 Å². The molecule has 0 aromatic carbocycles. The van der Waals surface area contributed by atoms with Crippen molar-refractivity contribution in [2.45, 2.75) is 175 Å². The van der Waals surface area contributed by atoms with Crippen LogP contribution in [-0.2, 0) is 11.4 Å². The molecule has 0 fully saturated rings. The van der Waals surface area contributed by atoms with Gasteiger partial charge in [-0.05, 0) is 57.8 Å². The predicted molar refractivity (Wildman–Crippen MR) is 138 cm³/mol. The van der Waals surface area contributed by atoms with E-state index < -0.39 is 15.1 Å². The lowest BCUT2D eigenvalue weighted by Crippen LogP contribution is -2.51. The summed E-state index contributed by atoms with van der Waals surface area (Å²) in [6.07, 6.45) is 16.7. The maximum Gasteiger partial charge on any atom is 0.906 e. The van der Waals surface area contributed by atoms with E-state index in [1.54, 1.807) is 0 Å². The van der Waals surface area contributed by atoms with E-state index in [-0.39, 0.29) is 16.8 Å². The number of hydrogen-bond donors (Lipinski definition) is 0. The summed E-state index contributed by atoms with van der Waals surface area (Å²) in [5.74, 6) is 0. The molecule has 0 saturated heterocycles. The lowest BCUT2D eigenvalue weighted by Gasteiger charge is -2.43. The Balaban J connectivity index is 5.96. The molecule has 0 aromatic rings. The average Bonchev–Trinajstić information content (AvgIpc) is 2.82. The van der Waals surface area contributed by atoms with E-state index >= 15 is 0 Å². The highest BCUT2D eigenvalue weighted by atomic mass is 27.3. The van der Waals surface area contributed by atoms with E-state index in [1.807, 2.05) is 0 Å². The molecule has 186 valence electrons. The Kier molecular flexibility index (Phi) is 17.2. The molecule has 3 nitrogen and oxygen atoms in total. The minimum Gasteiger partial charge on any atom is -0.449 e. The smallest absolute Gasteiger partial charge is 0.449 e. The largest absolute Gasteiger partial charge is 0.906 e. The molecule has 0 spiro atoms. The average molecular weight is 457 g/mol. The Morgan fingerprint density at radius 3 is 0.806 bits per heavy atom.